The smallest absolute Gasteiger partial charge is 0.244 e. The van der Waals surface area contributed by atoms with Gasteiger partial charge in [-0.15, -0.1) is 0 Å². The molecule has 0 spiro atoms. The minimum atomic E-state index is -3.74. The van der Waals surface area contributed by atoms with E-state index in [4.69, 9.17) is 21.1 Å². The van der Waals surface area contributed by atoms with Crippen LogP contribution in [0.2, 0.25) is 5.02 Å². The standard InChI is InChI=1S/C18H21ClN2O4S/c1-24-17-7-4-15(19)12-18(17)26(22,23)20-13-14-2-5-16(6-3-14)21-8-10-25-11-9-21/h2-7,12,20H,8-11,13H2,1H3. The van der Waals surface area contributed by atoms with Crippen LogP contribution < -0.4 is 14.4 Å². The molecule has 0 bridgehead atoms. The van der Waals surface area contributed by atoms with Crippen molar-refractivity contribution < 1.29 is 17.9 Å². The molecule has 1 saturated heterocycles. The van der Waals surface area contributed by atoms with E-state index < -0.39 is 10.0 Å². The van der Waals surface area contributed by atoms with E-state index in [1.807, 2.05) is 24.3 Å². The Hall–Kier alpha value is -1.80. The van der Waals surface area contributed by atoms with Crippen molar-refractivity contribution >= 4 is 27.3 Å². The molecule has 1 heterocycles. The van der Waals surface area contributed by atoms with E-state index in [1.54, 1.807) is 6.07 Å². The van der Waals surface area contributed by atoms with Crippen LogP contribution in [0.15, 0.2) is 47.4 Å². The van der Waals surface area contributed by atoms with Crippen molar-refractivity contribution in [1.82, 2.24) is 4.72 Å². The SMILES string of the molecule is COc1ccc(Cl)cc1S(=O)(=O)NCc1ccc(N2CCOCC2)cc1. The van der Waals surface area contributed by atoms with Gasteiger partial charge in [-0.2, -0.15) is 0 Å². The summed E-state index contributed by atoms with van der Waals surface area (Å²) in [5.74, 6) is 0.254. The molecular formula is C18H21ClN2O4S. The van der Waals surface area contributed by atoms with Crippen LogP contribution in [0, 0.1) is 0 Å². The Labute approximate surface area is 158 Å². The number of sulfonamides is 1. The van der Waals surface area contributed by atoms with Crippen molar-refractivity contribution in [2.24, 2.45) is 0 Å². The van der Waals surface area contributed by atoms with Crippen LogP contribution >= 0.6 is 11.6 Å². The van der Waals surface area contributed by atoms with Crippen molar-refractivity contribution in [2.75, 3.05) is 38.3 Å². The Balaban J connectivity index is 1.69. The van der Waals surface area contributed by atoms with Gasteiger partial charge >= 0.3 is 0 Å². The van der Waals surface area contributed by atoms with Gasteiger partial charge in [0, 0.05) is 30.3 Å². The summed E-state index contributed by atoms with van der Waals surface area (Å²) in [6.45, 7) is 3.36. The van der Waals surface area contributed by atoms with E-state index in [0.717, 1.165) is 37.6 Å². The molecular weight excluding hydrogens is 376 g/mol. The van der Waals surface area contributed by atoms with Gasteiger partial charge in [-0.1, -0.05) is 23.7 Å². The van der Waals surface area contributed by atoms with Gasteiger partial charge in [0.25, 0.3) is 0 Å². The maximum atomic E-state index is 12.6. The molecule has 0 atom stereocenters. The lowest BCUT2D eigenvalue weighted by atomic mass is 10.2. The number of nitrogens with one attached hydrogen (secondary N) is 1. The molecule has 26 heavy (non-hydrogen) atoms. The minimum Gasteiger partial charge on any atom is -0.495 e. The van der Waals surface area contributed by atoms with Gasteiger partial charge < -0.3 is 14.4 Å². The predicted octanol–water partition coefficient (Wildman–Crippen LogP) is 2.66. The number of halogens is 1. The summed E-state index contributed by atoms with van der Waals surface area (Å²) in [6.07, 6.45) is 0. The fraction of sp³-hybridized carbons (Fsp3) is 0.333. The zero-order valence-corrected chi connectivity index (χ0v) is 16.0. The van der Waals surface area contributed by atoms with Crippen molar-refractivity contribution in [2.45, 2.75) is 11.4 Å². The third-order valence-electron chi connectivity index (χ3n) is 4.19. The predicted molar refractivity (Wildman–Crippen MR) is 102 cm³/mol. The average Bonchev–Trinajstić information content (AvgIpc) is 2.67. The first-order chi connectivity index (χ1) is 12.5. The number of rotatable bonds is 6. The summed E-state index contributed by atoms with van der Waals surface area (Å²) in [5, 5.41) is 0.334. The highest BCUT2D eigenvalue weighted by Gasteiger charge is 2.20. The topological polar surface area (TPSA) is 67.9 Å². The summed E-state index contributed by atoms with van der Waals surface area (Å²) >= 11 is 5.93. The van der Waals surface area contributed by atoms with Crippen LogP contribution in [0.4, 0.5) is 5.69 Å². The zero-order valence-electron chi connectivity index (χ0n) is 14.4. The number of ether oxygens (including phenoxy) is 2. The summed E-state index contributed by atoms with van der Waals surface area (Å²) in [4.78, 5) is 2.27. The van der Waals surface area contributed by atoms with Crippen molar-refractivity contribution in [3.05, 3.63) is 53.1 Å². The highest BCUT2D eigenvalue weighted by Crippen LogP contribution is 2.27. The maximum absolute atomic E-state index is 12.6. The molecule has 0 saturated carbocycles. The molecule has 0 amide bonds. The van der Waals surface area contributed by atoms with Crippen LogP contribution in [-0.2, 0) is 21.3 Å². The lowest BCUT2D eigenvalue weighted by Crippen LogP contribution is -2.36. The molecule has 8 heteroatoms. The molecule has 0 radical (unpaired) electrons. The number of hydrogen-bond donors (Lipinski definition) is 1. The number of nitrogens with zero attached hydrogens (tertiary/aromatic N) is 1. The average molecular weight is 397 g/mol. The number of benzene rings is 2. The maximum Gasteiger partial charge on any atom is 0.244 e. The molecule has 0 unspecified atom stereocenters. The lowest BCUT2D eigenvalue weighted by Gasteiger charge is -2.28. The molecule has 0 aromatic heterocycles. The van der Waals surface area contributed by atoms with Crippen molar-refractivity contribution in [3.8, 4) is 5.75 Å². The van der Waals surface area contributed by atoms with Gasteiger partial charge in [0.2, 0.25) is 10.0 Å². The molecule has 1 aliphatic heterocycles. The summed E-state index contributed by atoms with van der Waals surface area (Å²) in [5.41, 5.74) is 1.97. The third kappa shape index (κ3) is 4.48. The molecule has 2 aromatic rings. The first-order valence-electron chi connectivity index (χ1n) is 8.24. The van der Waals surface area contributed by atoms with Crippen LogP contribution in [0.25, 0.3) is 0 Å². The second-order valence-electron chi connectivity index (χ2n) is 5.89. The van der Waals surface area contributed by atoms with E-state index in [-0.39, 0.29) is 17.2 Å². The van der Waals surface area contributed by atoms with Gasteiger partial charge in [0.05, 0.1) is 20.3 Å². The number of hydrogen-bond acceptors (Lipinski definition) is 5. The lowest BCUT2D eigenvalue weighted by molar-refractivity contribution is 0.122. The van der Waals surface area contributed by atoms with Gasteiger partial charge in [-0.3, -0.25) is 0 Å². The van der Waals surface area contributed by atoms with E-state index in [9.17, 15) is 8.42 Å². The molecule has 3 rings (SSSR count). The third-order valence-corrected chi connectivity index (χ3v) is 5.85. The zero-order chi connectivity index (χ0) is 18.6. The Morgan fingerprint density at radius 2 is 1.85 bits per heavy atom. The molecule has 0 aliphatic carbocycles. The molecule has 1 N–H and O–H groups in total. The van der Waals surface area contributed by atoms with Gasteiger partial charge in [-0.05, 0) is 35.9 Å². The minimum absolute atomic E-state index is 0.0254. The quantitative estimate of drug-likeness (QED) is 0.813. The van der Waals surface area contributed by atoms with Gasteiger partial charge in [0.1, 0.15) is 10.6 Å². The largest absolute Gasteiger partial charge is 0.495 e. The van der Waals surface area contributed by atoms with Gasteiger partial charge in [0.15, 0.2) is 0 Å². The van der Waals surface area contributed by atoms with E-state index in [1.165, 1.54) is 19.2 Å². The highest BCUT2D eigenvalue weighted by atomic mass is 35.5. The Kier molecular flexibility index (Phi) is 6.03. The first kappa shape index (κ1) is 19.0. The Morgan fingerprint density at radius 1 is 1.15 bits per heavy atom. The molecule has 1 aliphatic rings. The Bertz CT molecular complexity index is 850. The molecule has 6 nitrogen and oxygen atoms in total. The number of anilines is 1. The molecule has 1 fully saturated rings. The van der Waals surface area contributed by atoms with E-state index >= 15 is 0 Å². The van der Waals surface area contributed by atoms with Crippen molar-refractivity contribution in [1.29, 1.82) is 0 Å². The summed E-state index contributed by atoms with van der Waals surface area (Å²) < 4.78 is 38.2. The molecule has 140 valence electrons. The van der Waals surface area contributed by atoms with E-state index in [2.05, 4.69) is 9.62 Å². The van der Waals surface area contributed by atoms with Crippen LogP contribution in [0.1, 0.15) is 5.56 Å². The van der Waals surface area contributed by atoms with Crippen LogP contribution in [0.3, 0.4) is 0 Å². The fourth-order valence-electron chi connectivity index (χ4n) is 2.76. The highest BCUT2D eigenvalue weighted by molar-refractivity contribution is 7.89. The normalized spacial score (nSPS) is 15.1. The second kappa shape index (κ2) is 8.26. The van der Waals surface area contributed by atoms with Crippen molar-refractivity contribution in [3.63, 3.8) is 0 Å². The van der Waals surface area contributed by atoms with Crippen LogP contribution in [-0.4, -0.2) is 41.8 Å². The fourth-order valence-corrected chi connectivity index (χ4v) is 4.21. The Morgan fingerprint density at radius 3 is 2.50 bits per heavy atom. The van der Waals surface area contributed by atoms with Crippen LogP contribution in [0.5, 0.6) is 5.75 Å². The van der Waals surface area contributed by atoms with Gasteiger partial charge in [-0.25, -0.2) is 13.1 Å². The summed E-state index contributed by atoms with van der Waals surface area (Å²) in [7, 11) is -2.32. The summed E-state index contributed by atoms with van der Waals surface area (Å²) in [6, 6.07) is 12.3. The second-order valence-corrected chi connectivity index (χ2v) is 8.06. The first-order valence-corrected chi connectivity index (χ1v) is 10.1. The monoisotopic (exact) mass is 396 g/mol. The number of morpholine rings is 1. The van der Waals surface area contributed by atoms with E-state index in [0.29, 0.717) is 5.02 Å². The number of methoxy groups -OCH3 is 1. The molecule has 2 aromatic carbocycles.